The van der Waals surface area contributed by atoms with Crippen LogP contribution in [0, 0.1) is 12.8 Å². The van der Waals surface area contributed by atoms with E-state index in [1.807, 2.05) is 47.9 Å². The molecule has 3 rings (SSSR count). The maximum Gasteiger partial charge on any atom is 0.227 e. The predicted molar refractivity (Wildman–Crippen MR) is 97.3 cm³/mol. The highest BCUT2D eigenvalue weighted by atomic mass is 16.2. The smallest absolute Gasteiger partial charge is 0.227 e. The van der Waals surface area contributed by atoms with E-state index in [-0.39, 0.29) is 11.9 Å². The van der Waals surface area contributed by atoms with Crippen LogP contribution in [0.5, 0.6) is 0 Å². The average molecular weight is 326 g/mol. The molecule has 1 unspecified atom stereocenters. The molecule has 24 heavy (non-hydrogen) atoms. The van der Waals surface area contributed by atoms with E-state index in [2.05, 4.69) is 30.3 Å². The number of carbonyl (C=O) groups is 1. The molecule has 0 fully saturated rings. The van der Waals surface area contributed by atoms with Crippen LogP contribution in [0.1, 0.15) is 31.5 Å². The molecule has 1 amide bonds. The molecule has 0 saturated heterocycles. The fourth-order valence-electron chi connectivity index (χ4n) is 3.26. The molecule has 0 radical (unpaired) electrons. The van der Waals surface area contributed by atoms with Gasteiger partial charge in [-0.2, -0.15) is 5.10 Å². The van der Waals surface area contributed by atoms with Gasteiger partial charge in [-0.25, -0.2) is 0 Å². The number of anilines is 2. The van der Waals surface area contributed by atoms with Crippen LogP contribution in [0.3, 0.4) is 0 Å². The van der Waals surface area contributed by atoms with E-state index in [0.29, 0.717) is 12.3 Å². The number of aromatic nitrogens is 2. The zero-order valence-electron chi connectivity index (χ0n) is 14.9. The first kappa shape index (κ1) is 16.6. The summed E-state index contributed by atoms with van der Waals surface area (Å²) in [6.45, 7) is 7.09. The van der Waals surface area contributed by atoms with Gasteiger partial charge in [-0.3, -0.25) is 9.48 Å². The Morgan fingerprint density at radius 3 is 2.79 bits per heavy atom. The third-order valence-corrected chi connectivity index (χ3v) is 4.74. The van der Waals surface area contributed by atoms with E-state index in [0.717, 1.165) is 35.6 Å². The van der Waals surface area contributed by atoms with Crippen molar-refractivity contribution in [1.82, 2.24) is 9.78 Å². The lowest BCUT2D eigenvalue weighted by Crippen LogP contribution is -2.47. The molecule has 1 N–H and O–H groups in total. The van der Waals surface area contributed by atoms with E-state index < -0.39 is 0 Å². The van der Waals surface area contributed by atoms with Gasteiger partial charge in [-0.15, -0.1) is 0 Å². The van der Waals surface area contributed by atoms with Crippen LogP contribution in [-0.4, -0.2) is 28.3 Å². The molecule has 1 atom stereocenters. The number of hydrogen-bond acceptors (Lipinski definition) is 3. The predicted octanol–water partition coefficient (Wildman–Crippen LogP) is 3.14. The SMILES string of the molecule is Cc1nn(C)cc1CCC(=O)N1CC(C(C)C)Nc2ccccc21. The number of nitrogens with zero attached hydrogens (tertiary/aromatic N) is 3. The standard InChI is InChI=1S/C19H26N4O/c1-13(2)17-12-23(18-8-6-5-7-16(18)20-17)19(24)10-9-15-11-22(4)21-14(15)3/h5-8,11,13,17,20H,9-10,12H2,1-4H3. The van der Waals surface area contributed by atoms with E-state index in [9.17, 15) is 4.79 Å². The molecule has 0 saturated carbocycles. The maximum absolute atomic E-state index is 12.9. The van der Waals surface area contributed by atoms with Gasteiger partial charge in [0.1, 0.15) is 0 Å². The zero-order valence-corrected chi connectivity index (χ0v) is 14.9. The summed E-state index contributed by atoms with van der Waals surface area (Å²) in [5.74, 6) is 0.645. The molecule has 0 bridgehead atoms. The second-order valence-corrected chi connectivity index (χ2v) is 6.93. The van der Waals surface area contributed by atoms with Gasteiger partial charge in [0.25, 0.3) is 0 Å². The molecular formula is C19H26N4O. The normalized spacial score (nSPS) is 16.9. The first-order chi connectivity index (χ1) is 11.5. The van der Waals surface area contributed by atoms with Gasteiger partial charge in [0.2, 0.25) is 5.91 Å². The summed E-state index contributed by atoms with van der Waals surface area (Å²) in [5.41, 5.74) is 4.19. The highest BCUT2D eigenvalue weighted by molar-refractivity contribution is 5.98. The van der Waals surface area contributed by atoms with Crippen molar-refractivity contribution in [1.29, 1.82) is 0 Å². The number of carbonyl (C=O) groups excluding carboxylic acids is 1. The van der Waals surface area contributed by atoms with Gasteiger partial charge in [-0.1, -0.05) is 26.0 Å². The van der Waals surface area contributed by atoms with Crippen LogP contribution < -0.4 is 10.2 Å². The molecule has 2 heterocycles. The van der Waals surface area contributed by atoms with Crippen molar-refractivity contribution >= 4 is 17.3 Å². The summed E-state index contributed by atoms with van der Waals surface area (Å²) in [7, 11) is 1.91. The minimum atomic E-state index is 0.179. The minimum absolute atomic E-state index is 0.179. The van der Waals surface area contributed by atoms with Crippen LogP contribution in [0.25, 0.3) is 0 Å². The van der Waals surface area contributed by atoms with E-state index in [1.165, 1.54) is 0 Å². The molecule has 128 valence electrons. The van der Waals surface area contributed by atoms with Gasteiger partial charge in [0.05, 0.1) is 17.1 Å². The highest BCUT2D eigenvalue weighted by Gasteiger charge is 2.29. The minimum Gasteiger partial charge on any atom is -0.379 e. The van der Waals surface area contributed by atoms with Crippen molar-refractivity contribution in [2.75, 3.05) is 16.8 Å². The Morgan fingerprint density at radius 2 is 2.12 bits per heavy atom. The monoisotopic (exact) mass is 326 g/mol. The molecule has 5 nitrogen and oxygen atoms in total. The molecule has 0 spiro atoms. The van der Waals surface area contributed by atoms with Crippen LogP contribution in [-0.2, 0) is 18.3 Å². The van der Waals surface area contributed by atoms with Crippen molar-refractivity contribution in [3.63, 3.8) is 0 Å². The molecular weight excluding hydrogens is 300 g/mol. The Bertz CT molecular complexity index is 735. The van der Waals surface area contributed by atoms with Crippen LogP contribution in [0.2, 0.25) is 0 Å². The Hall–Kier alpha value is -2.30. The Kier molecular flexibility index (Phi) is 4.60. The molecule has 1 aromatic carbocycles. The number of para-hydroxylation sites is 2. The molecule has 1 aliphatic heterocycles. The Morgan fingerprint density at radius 1 is 1.38 bits per heavy atom. The van der Waals surface area contributed by atoms with Crippen molar-refractivity contribution in [2.45, 2.75) is 39.7 Å². The number of fused-ring (bicyclic) bond motifs is 1. The summed E-state index contributed by atoms with van der Waals surface area (Å²) in [6.07, 6.45) is 3.24. The fraction of sp³-hybridized carbons (Fsp3) is 0.474. The quantitative estimate of drug-likeness (QED) is 0.939. The first-order valence-electron chi connectivity index (χ1n) is 8.60. The third kappa shape index (κ3) is 3.30. The highest BCUT2D eigenvalue weighted by Crippen LogP contribution is 2.32. The Labute approximate surface area is 143 Å². The lowest BCUT2D eigenvalue weighted by molar-refractivity contribution is -0.118. The van der Waals surface area contributed by atoms with Gasteiger partial charge < -0.3 is 10.2 Å². The summed E-state index contributed by atoms with van der Waals surface area (Å²) in [5, 5.41) is 7.91. The summed E-state index contributed by atoms with van der Waals surface area (Å²) in [6, 6.07) is 8.35. The molecule has 5 heteroatoms. The lowest BCUT2D eigenvalue weighted by atomic mass is 9.99. The summed E-state index contributed by atoms with van der Waals surface area (Å²) in [4.78, 5) is 14.8. The van der Waals surface area contributed by atoms with Gasteiger partial charge in [0, 0.05) is 32.3 Å². The topological polar surface area (TPSA) is 50.2 Å². The molecule has 1 aliphatic rings. The molecule has 1 aromatic heterocycles. The number of aryl methyl sites for hydroxylation is 3. The number of rotatable bonds is 4. The van der Waals surface area contributed by atoms with Crippen molar-refractivity contribution in [3.05, 3.63) is 41.7 Å². The van der Waals surface area contributed by atoms with E-state index in [1.54, 1.807) is 0 Å². The molecule has 0 aliphatic carbocycles. The van der Waals surface area contributed by atoms with Crippen molar-refractivity contribution in [3.8, 4) is 0 Å². The second-order valence-electron chi connectivity index (χ2n) is 6.93. The van der Waals surface area contributed by atoms with Gasteiger partial charge in [-0.05, 0) is 37.0 Å². The van der Waals surface area contributed by atoms with Gasteiger partial charge >= 0.3 is 0 Å². The van der Waals surface area contributed by atoms with Crippen molar-refractivity contribution < 1.29 is 4.79 Å². The van der Waals surface area contributed by atoms with E-state index in [4.69, 9.17) is 0 Å². The summed E-state index contributed by atoms with van der Waals surface area (Å²) < 4.78 is 1.81. The van der Waals surface area contributed by atoms with Crippen LogP contribution >= 0.6 is 0 Å². The van der Waals surface area contributed by atoms with Crippen LogP contribution in [0.4, 0.5) is 11.4 Å². The Balaban J connectivity index is 1.76. The first-order valence-corrected chi connectivity index (χ1v) is 8.60. The largest absolute Gasteiger partial charge is 0.379 e. The third-order valence-electron chi connectivity index (χ3n) is 4.74. The lowest BCUT2D eigenvalue weighted by Gasteiger charge is -2.37. The number of benzene rings is 1. The number of amides is 1. The van der Waals surface area contributed by atoms with Crippen molar-refractivity contribution in [2.24, 2.45) is 13.0 Å². The summed E-state index contributed by atoms with van der Waals surface area (Å²) >= 11 is 0. The van der Waals surface area contributed by atoms with Gasteiger partial charge in [0.15, 0.2) is 0 Å². The molecule has 2 aromatic rings. The number of hydrogen-bond donors (Lipinski definition) is 1. The number of nitrogens with one attached hydrogen (secondary N) is 1. The second kappa shape index (κ2) is 6.67. The van der Waals surface area contributed by atoms with E-state index >= 15 is 0 Å². The average Bonchev–Trinajstić information content (AvgIpc) is 2.89. The zero-order chi connectivity index (χ0) is 17.3. The van der Waals surface area contributed by atoms with Crippen LogP contribution in [0.15, 0.2) is 30.5 Å². The maximum atomic E-state index is 12.9. The fourth-order valence-corrected chi connectivity index (χ4v) is 3.26.